The van der Waals surface area contributed by atoms with Crippen LogP contribution < -0.4 is 0 Å². The van der Waals surface area contributed by atoms with E-state index < -0.39 is 22.1 Å². The second-order valence-electron chi connectivity index (χ2n) is 4.63. The van der Waals surface area contributed by atoms with E-state index in [9.17, 15) is 25.6 Å². The van der Waals surface area contributed by atoms with Crippen LogP contribution in [0.2, 0.25) is 0 Å². The molecule has 0 unspecified atom stereocenters. The second kappa shape index (κ2) is 6.46. The summed E-state index contributed by atoms with van der Waals surface area (Å²) in [5, 5.41) is 39.3. The van der Waals surface area contributed by atoms with E-state index in [0.29, 0.717) is 10.2 Å². The number of rotatable bonds is 3. The highest BCUT2D eigenvalue weighted by Gasteiger charge is 2.19. The Kier molecular flexibility index (Phi) is 4.62. The summed E-state index contributed by atoms with van der Waals surface area (Å²) in [7, 11) is 0. The molecule has 0 radical (unpaired) electrons. The van der Waals surface area contributed by atoms with Gasteiger partial charge in [-0.05, 0) is 52.7 Å². The molecular formula is C15H10BrN3O4. The minimum absolute atomic E-state index is 0.198. The van der Waals surface area contributed by atoms with Gasteiger partial charge in [-0.15, -0.1) is 0 Å². The van der Waals surface area contributed by atoms with Crippen LogP contribution in [0.4, 0.5) is 5.69 Å². The molecule has 7 nitrogen and oxygen atoms in total. The number of phenols is 2. The summed E-state index contributed by atoms with van der Waals surface area (Å²) in [5.74, 6) is -1.45. The Hall–Kier alpha value is -2.92. The van der Waals surface area contributed by atoms with Crippen molar-refractivity contribution in [1.82, 2.24) is 4.98 Å². The summed E-state index contributed by atoms with van der Waals surface area (Å²) in [4.78, 5) is 14.2. The van der Waals surface area contributed by atoms with Gasteiger partial charge >= 0.3 is 5.69 Å². The van der Waals surface area contributed by atoms with E-state index in [-0.39, 0.29) is 11.1 Å². The first-order valence-electron chi connectivity index (χ1n) is 6.29. The fourth-order valence-corrected chi connectivity index (χ4v) is 2.54. The molecule has 0 saturated heterocycles. The summed E-state index contributed by atoms with van der Waals surface area (Å²) >= 11 is 3.27. The van der Waals surface area contributed by atoms with Gasteiger partial charge in [0.1, 0.15) is 4.60 Å². The smallest absolute Gasteiger partial charge is 0.315 e. The van der Waals surface area contributed by atoms with Gasteiger partial charge in [-0.25, -0.2) is 4.98 Å². The summed E-state index contributed by atoms with van der Waals surface area (Å²) in [6.07, 6.45) is 1.36. The second-order valence-corrected chi connectivity index (χ2v) is 5.38. The number of benzene rings is 1. The first-order chi connectivity index (χ1) is 10.8. The van der Waals surface area contributed by atoms with Crippen molar-refractivity contribution in [2.75, 3.05) is 0 Å². The Bertz CT molecular complexity index is 872. The highest BCUT2D eigenvalue weighted by Crippen LogP contribution is 2.37. The number of hydrogen-bond donors (Lipinski definition) is 2. The molecule has 1 aromatic carbocycles. The van der Waals surface area contributed by atoms with Crippen molar-refractivity contribution < 1.29 is 15.1 Å². The Morgan fingerprint density at radius 1 is 1.43 bits per heavy atom. The number of aromatic hydroxyl groups is 2. The Balaban J connectivity index is 2.59. The average molecular weight is 376 g/mol. The third kappa shape index (κ3) is 3.46. The molecule has 0 aliphatic carbocycles. The lowest BCUT2D eigenvalue weighted by Crippen LogP contribution is -1.92. The molecule has 116 valence electrons. The van der Waals surface area contributed by atoms with Crippen molar-refractivity contribution in [2.24, 2.45) is 0 Å². The largest absolute Gasteiger partial charge is 0.504 e. The van der Waals surface area contributed by atoms with Gasteiger partial charge in [-0.2, -0.15) is 5.26 Å². The third-order valence-corrected chi connectivity index (χ3v) is 3.60. The van der Waals surface area contributed by atoms with Gasteiger partial charge in [0.05, 0.1) is 16.6 Å². The zero-order valence-electron chi connectivity index (χ0n) is 11.8. The molecule has 23 heavy (non-hydrogen) atoms. The molecule has 2 rings (SSSR count). The van der Waals surface area contributed by atoms with Gasteiger partial charge in [0.15, 0.2) is 5.75 Å². The van der Waals surface area contributed by atoms with Crippen molar-refractivity contribution in [3.8, 4) is 17.6 Å². The molecule has 0 atom stereocenters. The minimum atomic E-state index is -0.818. The quantitative estimate of drug-likeness (QED) is 0.278. The molecule has 2 aromatic rings. The van der Waals surface area contributed by atoms with Crippen LogP contribution in [-0.2, 0) is 0 Å². The lowest BCUT2D eigenvalue weighted by Gasteiger charge is -2.05. The molecule has 0 aliphatic rings. The van der Waals surface area contributed by atoms with Crippen LogP contribution in [0.25, 0.3) is 11.6 Å². The number of halogens is 1. The van der Waals surface area contributed by atoms with Gasteiger partial charge in [0, 0.05) is 17.3 Å². The lowest BCUT2D eigenvalue weighted by atomic mass is 10.0. The van der Waals surface area contributed by atoms with Gasteiger partial charge < -0.3 is 10.2 Å². The van der Waals surface area contributed by atoms with Gasteiger partial charge in [-0.3, -0.25) is 10.1 Å². The predicted octanol–water partition coefficient (Wildman–Crippen LogP) is 3.54. The zero-order valence-corrected chi connectivity index (χ0v) is 13.4. The van der Waals surface area contributed by atoms with E-state index in [0.717, 1.165) is 17.8 Å². The van der Waals surface area contributed by atoms with Crippen molar-refractivity contribution in [2.45, 2.75) is 6.92 Å². The topological polar surface area (TPSA) is 120 Å². The van der Waals surface area contributed by atoms with Crippen molar-refractivity contribution in [1.29, 1.82) is 5.26 Å². The number of allylic oxidation sites excluding steroid dienone is 1. The number of aromatic nitrogens is 1. The van der Waals surface area contributed by atoms with E-state index in [2.05, 4.69) is 20.9 Å². The van der Waals surface area contributed by atoms with Crippen LogP contribution in [0.15, 0.2) is 28.9 Å². The fourth-order valence-electron chi connectivity index (χ4n) is 1.91. The lowest BCUT2D eigenvalue weighted by molar-refractivity contribution is -0.386. The molecular weight excluding hydrogens is 366 g/mol. The number of aryl methyl sites for hydroxylation is 1. The normalized spacial score (nSPS) is 11.1. The predicted molar refractivity (Wildman–Crippen MR) is 86.6 cm³/mol. The molecule has 2 N–H and O–H groups in total. The van der Waals surface area contributed by atoms with E-state index in [1.807, 2.05) is 6.07 Å². The molecule has 0 aliphatic heterocycles. The standard InChI is InChI=1S/C15H10BrN3O4/c1-8-2-3-11(15(16)18-8)10(7-17)4-9-5-12(19(22)23)14(21)13(20)6-9/h2-6,20-21H,1H3. The number of nitro groups is 1. The highest BCUT2D eigenvalue weighted by atomic mass is 79.9. The minimum Gasteiger partial charge on any atom is -0.504 e. The number of hydrogen-bond acceptors (Lipinski definition) is 6. The molecule has 8 heteroatoms. The number of nitro benzene ring substituents is 1. The average Bonchev–Trinajstić information content (AvgIpc) is 2.48. The van der Waals surface area contributed by atoms with E-state index in [1.54, 1.807) is 19.1 Å². The fraction of sp³-hybridized carbons (Fsp3) is 0.0667. The maximum atomic E-state index is 10.9. The van der Waals surface area contributed by atoms with Gasteiger partial charge in [0.2, 0.25) is 5.75 Å². The molecule has 0 bridgehead atoms. The van der Waals surface area contributed by atoms with Crippen LogP contribution in [0, 0.1) is 28.4 Å². The number of nitriles is 1. The maximum Gasteiger partial charge on any atom is 0.315 e. The highest BCUT2D eigenvalue weighted by molar-refractivity contribution is 9.10. The Morgan fingerprint density at radius 3 is 2.70 bits per heavy atom. The molecule has 1 aromatic heterocycles. The first kappa shape index (κ1) is 16.5. The van der Waals surface area contributed by atoms with E-state index >= 15 is 0 Å². The van der Waals surface area contributed by atoms with E-state index in [1.165, 1.54) is 6.08 Å². The molecule has 0 saturated carbocycles. The van der Waals surface area contributed by atoms with Gasteiger partial charge in [-0.1, -0.05) is 0 Å². The van der Waals surface area contributed by atoms with Crippen molar-refractivity contribution in [3.63, 3.8) is 0 Å². The monoisotopic (exact) mass is 375 g/mol. The zero-order chi connectivity index (χ0) is 17.1. The van der Waals surface area contributed by atoms with Crippen LogP contribution in [0.1, 0.15) is 16.8 Å². The number of phenolic OH excluding ortho intramolecular Hbond substituents is 2. The number of pyridine rings is 1. The van der Waals surface area contributed by atoms with Crippen LogP contribution >= 0.6 is 15.9 Å². The van der Waals surface area contributed by atoms with Crippen LogP contribution in [0.5, 0.6) is 11.5 Å². The molecule has 0 spiro atoms. The molecule has 0 fully saturated rings. The SMILES string of the molecule is Cc1ccc(C(C#N)=Cc2cc(O)c(O)c([N+](=O)[O-])c2)c(Br)n1. The van der Waals surface area contributed by atoms with Gasteiger partial charge in [0.25, 0.3) is 0 Å². The maximum absolute atomic E-state index is 10.9. The third-order valence-electron chi connectivity index (χ3n) is 3.00. The van der Waals surface area contributed by atoms with Crippen molar-refractivity contribution in [3.05, 3.63) is 55.8 Å². The Labute approximate surface area is 139 Å². The summed E-state index contributed by atoms with van der Waals surface area (Å²) in [6.45, 7) is 1.80. The summed E-state index contributed by atoms with van der Waals surface area (Å²) in [5.41, 5.74) is 1.03. The van der Waals surface area contributed by atoms with E-state index in [4.69, 9.17) is 0 Å². The Morgan fingerprint density at radius 2 is 2.13 bits per heavy atom. The summed E-state index contributed by atoms with van der Waals surface area (Å²) < 4.78 is 0.461. The van der Waals surface area contributed by atoms with Crippen LogP contribution in [0.3, 0.4) is 0 Å². The summed E-state index contributed by atoms with van der Waals surface area (Å²) in [6, 6.07) is 7.61. The number of nitrogens with zero attached hydrogens (tertiary/aromatic N) is 3. The first-order valence-corrected chi connectivity index (χ1v) is 7.08. The van der Waals surface area contributed by atoms with Crippen LogP contribution in [-0.4, -0.2) is 20.1 Å². The molecule has 0 amide bonds. The van der Waals surface area contributed by atoms with Crippen molar-refractivity contribution >= 4 is 33.3 Å². The molecule has 1 heterocycles.